The van der Waals surface area contributed by atoms with Gasteiger partial charge in [-0.2, -0.15) is 0 Å². The summed E-state index contributed by atoms with van der Waals surface area (Å²) in [6.07, 6.45) is 0.791. The van der Waals surface area contributed by atoms with Gasteiger partial charge in [0.2, 0.25) is 0 Å². The maximum atomic E-state index is 13.1. The Hall–Kier alpha value is -2.69. The molecule has 2 aromatic carbocycles. The van der Waals surface area contributed by atoms with Crippen LogP contribution < -0.4 is 0 Å². The lowest BCUT2D eigenvalue weighted by atomic mass is 10.00. The predicted octanol–water partition coefficient (Wildman–Crippen LogP) is 2.57. The van der Waals surface area contributed by atoms with E-state index in [1.807, 2.05) is 18.2 Å². The van der Waals surface area contributed by atoms with E-state index >= 15 is 0 Å². The van der Waals surface area contributed by atoms with Crippen molar-refractivity contribution >= 4 is 11.9 Å². The van der Waals surface area contributed by atoms with E-state index in [0.29, 0.717) is 13.1 Å². The van der Waals surface area contributed by atoms with Crippen LogP contribution in [0.25, 0.3) is 0 Å². The molecule has 2 aromatic rings. The Bertz CT molecular complexity index is 745. The number of benzene rings is 2. The predicted molar refractivity (Wildman–Crippen MR) is 82.2 cm³/mol. The van der Waals surface area contributed by atoms with Crippen LogP contribution in [0.2, 0.25) is 0 Å². The third kappa shape index (κ3) is 3.56. The standard InChI is InChI=1S/C18H16FNO3/c19-16-7-3-6-14(10-16)18(22)23-12-17(21)20-9-8-13-4-1-2-5-15(13)11-20/h1-7,10H,8-9,11-12H2. The molecule has 0 radical (unpaired) electrons. The van der Waals surface area contributed by atoms with Gasteiger partial charge >= 0.3 is 5.97 Å². The summed E-state index contributed by atoms with van der Waals surface area (Å²) in [5.41, 5.74) is 2.46. The van der Waals surface area contributed by atoms with E-state index < -0.39 is 11.8 Å². The van der Waals surface area contributed by atoms with Crippen molar-refractivity contribution in [3.63, 3.8) is 0 Å². The minimum Gasteiger partial charge on any atom is -0.452 e. The number of carbonyl (C=O) groups excluding carboxylic acids is 2. The Morgan fingerprint density at radius 1 is 1.09 bits per heavy atom. The van der Waals surface area contributed by atoms with Crippen molar-refractivity contribution < 1.29 is 18.7 Å². The fraction of sp³-hybridized carbons (Fsp3) is 0.222. The maximum absolute atomic E-state index is 13.1. The van der Waals surface area contributed by atoms with Crippen molar-refractivity contribution in [3.8, 4) is 0 Å². The number of nitrogens with zero attached hydrogens (tertiary/aromatic N) is 1. The van der Waals surface area contributed by atoms with Crippen LogP contribution in [0.5, 0.6) is 0 Å². The molecule has 0 fully saturated rings. The molecule has 5 heteroatoms. The summed E-state index contributed by atoms with van der Waals surface area (Å²) >= 11 is 0. The van der Waals surface area contributed by atoms with Crippen molar-refractivity contribution in [1.29, 1.82) is 0 Å². The van der Waals surface area contributed by atoms with Gasteiger partial charge in [-0.15, -0.1) is 0 Å². The van der Waals surface area contributed by atoms with Gasteiger partial charge in [-0.1, -0.05) is 30.3 Å². The third-order valence-corrected chi connectivity index (χ3v) is 3.87. The van der Waals surface area contributed by atoms with Gasteiger partial charge in [0, 0.05) is 13.1 Å². The SMILES string of the molecule is O=C(OCC(=O)N1CCc2ccccc2C1)c1cccc(F)c1. The molecular formula is C18H16FNO3. The molecule has 0 aromatic heterocycles. The minimum atomic E-state index is -0.699. The lowest BCUT2D eigenvalue weighted by molar-refractivity contribution is -0.135. The number of esters is 1. The fourth-order valence-electron chi connectivity index (χ4n) is 2.63. The molecule has 4 nitrogen and oxygen atoms in total. The highest BCUT2D eigenvalue weighted by molar-refractivity contribution is 5.91. The van der Waals surface area contributed by atoms with E-state index in [1.165, 1.54) is 23.8 Å². The first-order valence-corrected chi connectivity index (χ1v) is 7.41. The lowest BCUT2D eigenvalue weighted by Gasteiger charge is -2.28. The van der Waals surface area contributed by atoms with Crippen LogP contribution in [0.15, 0.2) is 48.5 Å². The second kappa shape index (κ2) is 6.60. The summed E-state index contributed by atoms with van der Waals surface area (Å²) in [6.45, 7) is 0.789. The largest absolute Gasteiger partial charge is 0.452 e. The van der Waals surface area contributed by atoms with Crippen LogP contribution in [0.4, 0.5) is 4.39 Å². The molecule has 1 heterocycles. The highest BCUT2D eigenvalue weighted by Gasteiger charge is 2.21. The smallest absolute Gasteiger partial charge is 0.338 e. The number of amides is 1. The number of rotatable bonds is 3. The summed E-state index contributed by atoms with van der Waals surface area (Å²) in [7, 11) is 0. The average molecular weight is 313 g/mol. The van der Waals surface area contributed by atoms with Gasteiger partial charge in [0.05, 0.1) is 5.56 Å². The van der Waals surface area contributed by atoms with Crippen LogP contribution in [0, 0.1) is 5.82 Å². The first-order chi connectivity index (χ1) is 11.1. The van der Waals surface area contributed by atoms with Gasteiger partial charge in [-0.05, 0) is 35.7 Å². The van der Waals surface area contributed by atoms with Gasteiger partial charge in [-0.3, -0.25) is 4.79 Å². The van der Waals surface area contributed by atoms with Crippen molar-refractivity contribution in [3.05, 3.63) is 71.0 Å². The van der Waals surface area contributed by atoms with E-state index in [9.17, 15) is 14.0 Å². The zero-order valence-electron chi connectivity index (χ0n) is 12.5. The Labute approximate surface area is 133 Å². The molecule has 0 unspecified atom stereocenters. The van der Waals surface area contributed by atoms with E-state index in [1.54, 1.807) is 4.90 Å². The number of hydrogen-bond donors (Lipinski definition) is 0. The molecular weight excluding hydrogens is 297 g/mol. The van der Waals surface area contributed by atoms with Crippen LogP contribution in [0.1, 0.15) is 21.5 Å². The van der Waals surface area contributed by atoms with E-state index in [4.69, 9.17) is 4.74 Å². The molecule has 1 amide bonds. The van der Waals surface area contributed by atoms with Crippen molar-refractivity contribution in [2.75, 3.05) is 13.2 Å². The quantitative estimate of drug-likeness (QED) is 0.818. The molecule has 23 heavy (non-hydrogen) atoms. The Balaban J connectivity index is 1.57. The first kappa shape index (κ1) is 15.2. The minimum absolute atomic E-state index is 0.0989. The fourth-order valence-corrected chi connectivity index (χ4v) is 2.63. The topological polar surface area (TPSA) is 46.6 Å². The van der Waals surface area contributed by atoms with Crippen molar-refractivity contribution in [1.82, 2.24) is 4.90 Å². The number of halogens is 1. The summed E-state index contributed by atoms with van der Waals surface area (Å²) in [5, 5.41) is 0. The van der Waals surface area contributed by atoms with Crippen molar-refractivity contribution in [2.24, 2.45) is 0 Å². The zero-order valence-corrected chi connectivity index (χ0v) is 12.5. The monoisotopic (exact) mass is 313 g/mol. The third-order valence-electron chi connectivity index (χ3n) is 3.87. The molecule has 1 aliphatic rings. The number of ether oxygens (including phenoxy) is 1. The van der Waals surface area contributed by atoms with Gasteiger partial charge < -0.3 is 9.64 Å². The molecule has 0 bridgehead atoms. The van der Waals surface area contributed by atoms with Gasteiger partial charge in [0.15, 0.2) is 6.61 Å². The van der Waals surface area contributed by atoms with Crippen LogP contribution in [-0.4, -0.2) is 29.9 Å². The summed E-state index contributed by atoms with van der Waals surface area (Å²) in [4.78, 5) is 25.7. The van der Waals surface area contributed by atoms with Crippen LogP contribution >= 0.6 is 0 Å². The number of fused-ring (bicyclic) bond motifs is 1. The van der Waals surface area contributed by atoms with Crippen LogP contribution in [0.3, 0.4) is 0 Å². The normalized spacial score (nSPS) is 13.3. The molecule has 0 saturated heterocycles. The summed E-state index contributed by atoms with van der Waals surface area (Å²) in [5.74, 6) is -1.46. The van der Waals surface area contributed by atoms with Crippen molar-refractivity contribution in [2.45, 2.75) is 13.0 Å². The van der Waals surface area contributed by atoms with Crippen LogP contribution in [-0.2, 0) is 22.5 Å². The van der Waals surface area contributed by atoms with Gasteiger partial charge in [0.1, 0.15) is 5.82 Å². The van der Waals surface area contributed by atoms with E-state index in [0.717, 1.165) is 18.1 Å². The number of hydrogen-bond acceptors (Lipinski definition) is 3. The first-order valence-electron chi connectivity index (χ1n) is 7.41. The van der Waals surface area contributed by atoms with E-state index in [-0.39, 0.29) is 18.1 Å². The molecule has 0 aliphatic carbocycles. The Morgan fingerprint density at radius 2 is 1.87 bits per heavy atom. The Kier molecular flexibility index (Phi) is 4.37. The van der Waals surface area contributed by atoms with E-state index in [2.05, 4.69) is 6.07 Å². The summed E-state index contributed by atoms with van der Waals surface area (Å²) in [6, 6.07) is 13.2. The summed E-state index contributed by atoms with van der Waals surface area (Å²) < 4.78 is 18.1. The molecule has 0 spiro atoms. The molecule has 0 saturated carbocycles. The lowest BCUT2D eigenvalue weighted by Crippen LogP contribution is -2.38. The second-order valence-corrected chi connectivity index (χ2v) is 5.42. The molecule has 1 aliphatic heterocycles. The molecule has 0 N–H and O–H groups in total. The molecule has 118 valence electrons. The van der Waals surface area contributed by atoms with Gasteiger partial charge in [0.25, 0.3) is 5.91 Å². The highest BCUT2D eigenvalue weighted by Crippen LogP contribution is 2.18. The number of carbonyl (C=O) groups is 2. The average Bonchev–Trinajstić information content (AvgIpc) is 2.59. The maximum Gasteiger partial charge on any atom is 0.338 e. The highest BCUT2D eigenvalue weighted by atomic mass is 19.1. The van der Waals surface area contributed by atoms with Gasteiger partial charge in [-0.25, -0.2) is 9.18 Å². The Morgan fingerprint density at radius 3 is 2.65 bits per heavy atom. The molecule has 0 atom stereocenters. The zero-order chi connectivity index (χ0) is 16.2. The second-order valence-electron chi connectivity index (χ2n) is 5.42. The molecule has 3 rings (SSSR count).